The van der Waals surface area contributed by atoms with Crippen LogP contribution in [0, 0.1) is 5.41 Å². The molecule has 0 spiro atoms. The number of amides is 1. The molecule has 0 aliphatic heterocycles. The Morgan fingerprint density at radius 2 is 1.55 bits per heavy atom. The van der Waals surface area contributed by atoms with Crippen molar-refractivity contribution >= 4 is 12.0 Å². The number of aliphatic hydroxyl groups is 4. The molecule has 0 unspecified atom stereocenters. The number of nitrogens with one attached hydrogen (secondary N) is 1. The van der Waals surface area contributed by atoms with Gasteiger partial charge in [0.15, 0.2) is 0 Å². The Bertz CT molecular complexity index is 785. The third kappa shape index (κ3) is 7.61. The van der Waals surface area contributed by atoms with Crippen LogP contribution in [-0.4, -0.2) is 46.1 Å². The minimum atomic E-state index is -1.63. The fourth-order valence-corrected chi connectivity index (χ4v) is 4.27. The number of hydrogen-bond donors (Lipinski definition) is 5. The first-order valence-electron chi connectivity index (χ1n) is 12.4. The molecular weight excluding hydrogens is 418 g/mol. The number of carbonyl (C=O) groups excluding carboxylic acids is 1. The second kappa shape index (κ2) is 14.1. The maximum Gasteiger partial charge on any atom is 0.251 e. The van der Waals surface area contributed by atoms with Gasteiger partial charge in [0.1, 0.15) is 16.9 Å². The van der Waals surface area contributed by atoms with Crippen molar-refractivity contribution in [2.24, 2.45) is 5.41 Å². The molecule has 0 saturated heterocycles. The van der Waals surface area contributed by atoms with Crippen molar-refractivity contribution in [3.63, 3.8) is 0 Å². The third-order valence-electron chi connectivity index (χ3n) is 6.57. The van der Waals surface area contributed by atoms with Crippen LogP contribution in [0.3, 0.4) is 0 Å². The molecule has 5 N–H and O–H groups in total. The van der Waals surface area contributed by atoms with Crippen LogP contribution in [0.25, 0.3) is 6.08 Å². The number of hydrogen-bond acceptors (Lipinski definition) is 5. The molecule has 0 heterocycles. The van der Waals surface area contributed by atoms with Crippen molar-refractivity contribution in [1.82, 2.24) is 5.32 Å². The van der Waals surface area contributed by atoms with Crippen LogP contribution in [0.15, 0.2) is 41.4 Å². The Morgan fingerprint density at radius 1 is 0.939 bits per heavy atom. The molecule has 1 amide bonds. The number of aliphatic hydroxyl groups excluding tert-OH is 4. The van der Waals surface area contributed by atoms with Gasteiger partial charge in [0.05, 0.1) is 13.2 Å². The first-order chi connectivity index (χ1) is 16.0. The van der Waals surface area contributed by atoms with Crippen molar-refractivity contribution in [2.75, 3.05) is 19.8 Å². The molecule has 0 radical (unpaired) electrons. The van der Waals surface area contributed by atoms with Gasteiger partial charge in [-0.1, -0.05) is 57.6 Å². The highest BCUT2D eigenvalue weighted by Gasteiger charge is 2.40. The zero-order valence-corrected chi connectivity index (χ0v) is 20.0. The highest BCUT2D eigenvalue weighted by Crippen LogP contribution is 2.38. The second-order valence-electron chi connectivity index (χ2n) is 9.09. The Labute approximate surface area is 198 Å². The van der Waals surface area contributed by atoms with Crippen LogP contribution >= 0.6 is 0 Å². The third-order valence-corrected chi connectivity index (χ3v) is 6.57. The van der Waals surface area contributed by atoms with Gasteiger partial charge >= 0.3 is 0 Å². The summed E-state index contributed by atoms with van der Waals surface area (Å²) < 4.78 is 0. The minimum Gasteiger partial charge on any atom is -0.511 e. The first kappa shape index (κ1) is 26.9. The lowest BCUT2D eigenvalue weighted by atomic mass is 9.79. The van der Waals surface area contributed by atoms with E-state index in [1.165, 1.54) is 31.8 Å². The van der Waals surface area contributed by atoms with E-state index in [0.717, 1.165) is 37.7 Å². The molecule has 1 fully saturated rings. The molecule has 2 rings (SSSR count). The zero-order valence-electron chi connectivity index (χ0n) is 20.0. The molecule has 0 atom stereocenters. The van der Waals surface area contributed by atoms with Crippen molar-refractivity contribution in [1.29, 1.82) is 0 Å². The smallest absolute Gasteiger partial charge is 0.251 e. The van der Waals surface area contributed by atoms with E-state index in [-0.39, 0.29) is 17.4 Å². The predicted octanol–water partition coefficient (Wildman–Crippen LogP) is 5.42. The van der Waals surface area contributed by atoms with E-state index in [1.54, 1.807) is 24.3 Å². The van der Waals surface area contributed by atoms with E-state index < -0.39 is 18.6 Å². The summed E-state index contributed by atoms with van der Waals surface area (Å²) in [6.45, 7) is 1.62. The Kier molecular flexibility index (Phi) is 11.5. The van der Waals surface area contributed by atoms with Gasteiger partial charge in [-0.25, -0.2) is 0 Å². The molecule has 1 aromatic rings. The highest BCUT2D eigenvalue weighted by atomic mass is 16.3. The molecule has 1 aliphatic carbocycles. The summed E-state index contributed by atoms with van der Waals surface area (Å²) in [5.41, 5.74) is 0.287. The van der Waals surface area contributed by atoms with Crippen molar-refractivity contribution in [2.45, 2.75) is 77.6 Å². The lowest BCUT2D eigenvalue weighted by Crippen LogP contribution is -2.35. The average molecular weight is 460 g/mol. The normalized spacial score (nSPS) is 14.9. The van der Waals surface area contributed by atoms with Crippen molar-refractivity contribution in [3.05, 3.63) is 52.5 Å². The van der Waals surface area contributed by atoms with Crippen LogP contribution in [0.2, 0.25) is 0 Å². The molecule has 184 valence electrons. The molecule has 0 aromatic heterocycles. The minimum absolute atomic E-state index is 0.133. The summed E-state index contributed by atoms with van der Waals surface area (Å²) in [5.74, 6) is -0.571. The number of allylic oxidation sites excluding steroid dienone is 1. The quantitative estimate of drug-likeness (QED) is 0.200. The average Bonchev–Trinajstić information content (AvgIpc) is 2.85. The molecule has 6 nitrogen and oxygen atoms in total. The van der Waals surface area contributed by atoms with Crippen LogP contribution in [0.5, 0.6) is 0 Å². The fraction of sp³-hybridized carbons (Fsp3) is 0.593. The Balaban J connectivity index is 2.02. The SMILES string of the molecule is CCCCCCCCNC(=O)c1ccc(C=C(O)C(CO)(CO)C(O)=C2CCCCC2)cc1. The lowest BCUT2D eigenvalue weighted by molar-refractivity contribution is 0.0446. The topological polar surface area (TPSA) is 110 Å². The molecular formula is C27H41NO5. The molecule has 1 saturated carbocycles. The van der Waals surface area contributed by atoms with Gasteiger partial charge < -0.3 is 25.7 Å². The van der Waals surface area contributed by atoms with Gasteiger partial charge in [-0.05, 0) is 61.4 Å². The van der Waals surface area contributed by atoms with Crippen molar-refractivity contribution in [3.8, 4) is 0 Å². The summed E-state index contributed by atoms with van der Waals surface area (Å²) in [7, 11) is 0. The molecule has 1 aromatic carbocycles. The van der Waals surface area contributed by atoms with E-state index in [1.807, 2.05) is 0 Å². The van der Waals surface area contributed by atoms with Crippen LogP contribution in [0.1, 0.15) is 93.5 Å². The van der Waals surface area contributed by atoms with Crippen LogP contribution in [-0.2, 0) is 0 Å². The summed E-state index contributed by atoms with van der Waals surface area (Å²) in [6, 6.07) is 6.74. The molecule has 33 heavy (non-hydrogen) atoms. The predicted molar refractivity (Wildman–Crippen MR) is 132 cm³/mol. The number of rotatable bonds is 13. The van der Waals surface area contributed by atoms with Crippen molar-refractivity contribution < 1.29 is 25.2 Å². The van der Waals surface area contributed by atoms with Gasteiger partial charge in [0, 0.05) is 12.1 Å². The number of benzene rings is 1. The second-order valence-corrected chi connectivity index (χ2v) is 9.09. The van der Waals surface area contributed by atoms with Gasteiger partial charge in [-0.2, -0.15) is 0 Å². The van der Waals surface area contributed by atoms with Gasteiger partial charge in [-0.3, -0.25) is 4.79 Å². The monoisotopic (exact) mass is 459 g/mol. The van der Waals surface area contributed by atoms with E-state index in [2.05, 4.69) is 12.2 Å². The molecule has 1 aliphatic rings. The summed E-state index contributed by atoms with van der Waals surface area (Å²) in [5, 5.41) is 44.5. The van der Waals surface area contributed by atoms with Gasteiger partial charge in [-0.15, -0.1) is 0 Å². The maximum absolute atomic E-state index is 12.3. The van der Waals surface area contributed by atoms with Crippen LogP contribution in [0.4, 0.5) is 0 Å². The Hall–Kier alpha value is -2.31. The maximum atomic E-state index is 12.3. The largest absolute Gasteiger partial charge is 0.511 e. The number of unbranched alkanes of at least 4 members (excludes halogenated alkanes) is 5. The summed E-state index contributed by atoms with van der Waals surface area (Å²) >= 11 is 0. The van der Waals surface area contributed by atoms with Crippen LogP contribution < -0.4 is 5.32 Å². The molecule has 0 bridgehead atoms. The number of carbonyl (C=O) groups is 1. The van der Waals surface area contributed by atoms with Gasteiger partial charge in [0.25, 0.3) is 5.91 Å². The van der Waals surface area contributed by atoms with E-state index >= 15 is 0 Å². The fourth-order valence-electron chi connectivity index (χ4n) is 4.27. The summed E-state index contributed by atoms with van der Waals surface area (Å²) in [4.78, 5) is 12.3. The summed E-state index contributed by atoms with van der Waals surface area (Å²) in [6.07, 6.45) is 12.8. The van der Waals surface area contributed by atoms with E-state index in [9.17, 15) is 25.2 Å². The highest BCUT2D eigenvalue weighted by molar-refractivity contribution is 5.94. The zero-order chi connectivity index (χ0) is 24.1. The lowest BCUT2D eigenvalue weighted by Gasteiger charge is -2.31. The van der Waals surface area contributed by atoms with E-state index in [4.69, 9.17) is 0 Å². The first-order valence-corrected chi connectivity index (χ1v) is 12.4. The Morgan fingerprint density at radius 3 is 2.15 bits per heavy atom. The van der Waals surface area contributed by atoms with E-state index in [0.29, 0.717) is 30.5 Å². The standard InChI is InChI=1S/C27H41NO5/c1-2-3-4-5-6-10-17-28-26(33)23-15-13-21(14-16-23)18-24(31)27(19-29,20-30)25(32)22-11-8-7-9-12-22/h13-16,18,29-32H,2-12,17,19-20H2,1H3,(H,28,33). The molecule has 6 heteroatoms. The van der Waals surface area contributed by atoms with Gasteiger partial charge in [0.2, 0.25) is 0 Å².